The van der Waals surface area contributed by atoms with E-state index in [2.05, 4.69) is 5.32 Å². The van der Waals surface area contributed by atoms with E-state index < -0.39 is 6.10 Å². The van der Waals surface area contributed by atoms with Gasteiger partial charge in [-0.15, -0.1) is 0 Å². The minimum atomic E-state index is -0.680. The van der Waals surface area contributed by atoms with E-state index in [1.807, 2.05) is 13.1 Å². The maximum atomic E-state index is 9.94. The number of hydrogen-bond acceptors (Lipinski definition) is 4. The van der Waals surface area contributed by atoms with Gasteiger partial charge in [0, 0.05) is 6.04 Å². The van der Waals surface area contributed by atoms with Crippen LogP contribution in [0.3, 0.4) is 0 Å². The Hall–Kier alpha value is -1.41. The summed E-state index contributed by atoms with van der Waals surface area (Å²) in [6.45, 7) is 0.772. The molecule has 4 N–H and O–H groups in total. The summed E-state index contributed by atoms with van der Waals surface area (Å²) >= 11 is 0. The van der Waals surface area contributed by atoms with E-state index in [9.17, 15) is 5.11 Å². The number of nitrogens with two attached hydrogens (primary N) is 1. The highest BCUT2D eigenvalue weighted by Gasteiger charge is 2.15. The number of hydrogen-bond donors (Lipinski definition) is 3. The maximum Gasteiger partial charge on any atom is 0.0991 e. The lowest BCUT2D eigenvalue weighted by atomic mass is 9.99. The third-order valence-electron chi connectivity index (χ3n) is 2.51. The Balaban J connectivity index is 2.65. The zero-order valence-electron chi connectivity index (χ0n) is 9.35. The zero-order valence-corrected chi connectivity index (χ0v) is 9.35. The molecule has 0 spiro atoms. The van der Waals surface area contributed by atoms with Gasteiger partial charge in [-0.1, -0.05) is 12.1 Å². The molecule has 0 radical (unpaired) electrons. The van der Waals surface area contributed by atoms with E-state index in [4.69, 9.17) is 11.0 Å². The van der Waals surface area contributed by atoms with Gasteiger partial charge in [0.1, 0.15) is 0 Å². The van der Waals surface area contributed by atoms with Crippen molar-refractivity contribution < 1.29 is 5.11 Å². The second kappa shape index (κ2) is 6.23. The summed E-state index contributed by atoms with van der Waals surface area (Å²) in [6.07, 6.45) is 0.0265. The summed E-state index contributed by atoms with van der Waals surface area (Å²) in [7, 11) is 1.85. The fourth-order valence-electron chi connectivity index (χ4n) is 1.47. The normalized spacial score (nSPS) is 14.1. The van der Waals surface area contributed by atoms with E-state index in [0.717, 1.165) is 12.1 Å². The predicted molar refractivity (Wildman–Crippen MR) is 62.6 cm³/mol. The van der Waals surface area contributed by atoms with Crippen LogP contribution in [0.2, 0.25) is 0 Å². The topological polar surface area (TPSA) is 82.1 Å². The quantitative estimate of drug-likeness (QED) is 0.674. The lowest BCUT2D eigenvalue weighted by Crippen LogP contribution is -2.31. The van der Waals surface area contributed by atoms with Gasteiger partial charge in [-0.3, -0.25) is 0 Å². The van der Waals surface area contributed by atoms with Gasteiger partial charge in [-0.05, 0) is 37.7 Å². The van der Waals surface area contributed by atoms with Crippen LogP contribution >= 0.6 is 0 Å². The van der Waals surface area contributed by atoms with Gasteiger partial charge in [-0.2, -0.15) is 5.26 Å². The summed E-state index contributed by atoms with van der Waals surface area (Å²) in [4.78, 5) is 0. The molecule has 4 nitrogen and oxygen atoms in total. The molecule has 0 fully saturated rings. The fourth-order valence-corrected chi connectivity index (χ4v) is 1.47. The van der Waals surface area contributed by atoms with Gasteiger partial charge < -0.3 is 16.2 Å². The standard InChI is InChI=1S/C12H17N3O/c1-15-7-6-11(14)12(16)10-4-2-9(8-13)3-5-10/h2-5,11-12,15-16H,6-7,14H2,1H3. The monoisotopic (exact) mass is 219 g/mol. The van der Waals surface area contributed by atoms with Crippen molar-refractivity contribution in [2.24, 2.45) is 5.73 Å². The third-order valence-corrected chi connectivity index (χ3v) is 2.51. The first kappa shape index (κ1) is 12.7. The van der Waals surface area contributed by atoms with Crippen molar-refractivity contribution in [3.63, 3.8) is 0 Å². The minimum absolute atomic E-state index is 0.291. The molecule has 0 heterocycles. The van der Waals surface area contributed by atoms with E-state index in [-0.39, 0.29) is 6.04 Å². The average molecular weight is 219 g/mol. The van der Waals surface area contributed by atoms with Gasteiger partial charge in [0.15, 0.2) is 0 Å². The minimum Gasteiger partial charge on any atom is -0.387 e. The number of aliphatic hydroxyl groups excluding tert-OH is 1. The number of nitrogens with zero attached hydrogens (tertiary/aromatic N) is 1. The van der Waals surface area contributed by atoms with Crippen molar-refractivity contribution in [3.8, 4) is 6.07 Å². The first-order valence-corrected chi connectivity index (χ1v) is 5.27. The van der Waals surface area contributed by atoms with Gasteiger partial charge in [0.2, 0.25) is 0 Å². The molecule has 1 aromatic rings. The molecule has 0 saturated heterocycles. The number of aliphatic hydroxyl groups is 1. The van der Waals surface area contributed by atoms with Crippen LogP contribution in [0.1, 0.15) is 23.7 Å². The van der Waals surface area contributed by atoms with Crippen molar-refractivity contribution in [2.75, 3.05) is 13.6 Å². The molecular formula is C12H17N3O. The highest BCUT2D eigenvalue weighted by atomic mass is 16.3. The molecule has 0 aliphatic rings. The molecule has 2 atom stereocenters. The molecule has 0 aliphatic heterocycles. The SMILES string of the molecule is CNCCC(N)C(O)c1ccc(C#N)cc1. The Bertz CT molecular complexity index is 356. The Morgan fingerprint density at radius 1 is 1.44 bits per heavy atom. The highest BCUT2D eigenvalue weighted by molar-refractivity contribution is 5.32. The highest BCUT2D eigenvalue weighted by Crippen LogP contribution is 2.17. The lowest BCUT2D eigenvalue weighted by molar-refractivity contribution is 0.142. The van der Waals surface area contributed by atoms with Gasteiger partial charge in [0.25, 0.3) is 0 Å². The average Bonchev–Trinajstić information content (AvgIpc) is 2.35. The van der Waals surface area contributed by atoms with Crippen LogP contribution in [0.4, 0.5) is 0 Å². The summed E-state index contributed by atoms with van der Waals surface area (Å²) < 4.78 is 0. The number of benzene rings is 1. The molecule has 1 aromatic carbocycles. The van der Waals surface area contributed by atoms with Crippen LogP contribution in [-0.2, 0) is 0 Å². The Labute approximate surface area is 95.7 Å². The largest absolute Gasteiger partial charge is 0.387 e. The van der Waals surface area contributed by atoms with E-state index in [1.54, 1.807) is 24.3 Å². The fraction of sp³-hybridized carbons (Fsp3) is 0.417. The molecule has 0 amide bonds. The van der Waals surface area contributed by atoms with E-state index in [0.29, 0.717) is 12.0 Å². The predicted octanol–water partition coefficient (Wildman–Crippen LogP) is 0.528. The molecule has 0 aromatic heterocycles. The van der Waals surface area contributed by atoms with Gasteiger partial charge in [-0.25, -0.2) is 0 Å². The summed E-state index contributed by atoms with van der Waals surface area (Å²) in [5.41, 5.74) is 7.19. The first-order valence-electron chi connectivity index (χ1n) is 5.27. The molecule has 2 unspecified atom stereocenters. The van der Waals surface area contributed by atoms with Crippen molar-refractivity contribution >= 4 is 0 Å². The van der Waals surface area contributed by atoms with Crippen LogP contribution in [-0.4, -0.2) is 24.7 Å². The van der Waals surface area contributed by atoms with Crippen LogP contribution in [0.15, 0.2) is 24.3 Å². The second-order valence-electron chi connectivity index (χ2n) is 3.73. The molecule has 0 bridgehead atoms. The molecule has 86 valence electrons. The van der Waals surface area contributed by atoms with Crippen LogP contribution < -0.4 is 11.1 Å². The number of nitriles is 1. The van der Waals surface area contributed by atoms with E-state index in [1.165, 1.54) is 0 Å². The molecule has 1 rings (SSSR count). The Morgan fingerprint density at radius 3 is 2.56 bits per heavy atom. The van der Waals surface area contributed by atoms with Crippen molar-refractivity contribution in [1.82, 2.24) is 5.32 Å². The van der Waals surface area contributed by atoms with Crippen LogP contribution in [0.5, 0.6) is 0 Å². The summed E-state index contributed by atoms with van der Waals surface area (Å²) in [5, 5.41) is 21.6. The molecular weight excluding hydrogens is 202 g/mol. The second-order valence-corrected chi connectivity index (χ2v) is 3.73. The summed E-state index contributed by atoms with van der Waals surface area (Å²) in [5.74, 6) is 0. The molecule has 0 aliphatic carbocycles. The lowest BCUT2D eigenvalue weighted by Gasteiger charge is -2.18. The molecule has 4 heteroatoms. The number of nitrogens with one attached hydrogen (secondary N) is 1. The Kier molecular flexibility index (Phi) is 4.93. The summed E-state index contributed by atoms with van der Waals surface area (Å²) in [6, 6.07) is 8.59. The smallest absolute Gasteiger partial charge is 0.0991 e. The van der Waals surface area contributed by atoms with Crippen molar-refractivity contribution in [3.05, 3.63) is 35.4 Å². The van der Waals surface area contributed by atoms with E-state index >= 15 is 0 Å². The van der Waals surface area contributed by atoms with Gasteiger partial charge in [0.05, 0.1) is 17.7 Å². The third kappa shape index (κ3) is 3.31. The molecule has 0 saturated carbocycles. The Morgan fingerprint density at radius 2 is 2.06 bits per heavy atom. The van der Waals surface area contributed by atoms with Gasteiger partial charge >= 0.3 is 0 Å². The van der Waals surface area contributed by atoms with Crippen molar-refractivity contribution in [2.45, 2.75) is 18.6 Å². The molecule has 16 heavy (non-hydrogen) atoms. The van der Waals surface area contributed by atoms with Crippen molar-refractivity contribution in [1.29, 1.82) is 5.26 Å². The zero-order chi connectivity index (χ0) is 12.0. The van der Waals surface area contributed by atoms with Crippen LogP contribution in [0.25, 0.3) is 0 Å². The number of rotatable bonds is 5. The van der Waals surface area contributed by atoms with Crippen LogP contribution in [0, 0.1) is 11.3 Å². The maximum absolute atomic E-state index is 9.94. The first-order chi connectivity index (χ1) is 7.69.